The third-order valence-corrected chi connectivity index (χ3v) is 19.1. The van der Waals surface area contributed by atoms with Crippen LogP contribution in [0.5, 0.6) is 0 Å². The van der Waals surface area contributed by atoms with Crippen molar-refractivity contribution in [3.63, 3.8) is 0 Å². The number of benzene rings is 3. The van der Waals surface area contributed by atoms with Crippen LogP contribution in [0.15, 0.2) is 87.8 Å². The minimum Gasteiger partial charge on any atom is -1.00 e. The summed E-state index contributed by atoms with van der Waals surface area (Å²) in [5.41, 5.74) is 18.4. The summed E-state index contributed by atoms with van der Waals surface area (Å²) < 4.78 is 4.99. The number of allylic oxidation sites excluding steroid dienone is 8. The quantitative estimate of drug-likeness (QED) is 0.314. The third-order valence-electron chi connectivity index (χ3n) is 11.3. The van der Waals surface area contributed by atoms with Crippen molar-refractivity contribution in [2.75, 3.05) is 0 Å². The van der Waals surface area contributed by atoms with Gasteiger partial charge in [-0.25, -0.2) is 0 Å². The number of hydrogen-bond acceptors (Lipinski definition) is 0. The van der Waals surface area contributed by atoms with Gasteiger partial charge in [-0.15, -0.1) is 0 Å². The monoisotopic (exact) mass is 738 g/mol. The van der Waals surface area contributed by atoms with Gasteiger partial charge in [-0.05, 0) is 0 Å². The van der Waals surface area contributed by atoms with Crippen LogP contribution in [0.25, 0.3) is 22.3 Å². The van der Waals surface area contributed by atoms with Gasteiger partial charge < -0.3 is 24.8 Å². The first-order chi connectivity index (χ1) is 21.2. The van der Waals surface area contributed by atoms with Gasteiger partial charge >= 0.3 is 282 Å². The molecule has 0 aromatic heterocycles. The van der Waals surface area contributed by atoms with Crippen LogP contribution < -0.4 is 24.8 Å². The van der Waals surface area contributed by atoms with Gasteiger partial charge in [0.2, 0.25) is 0 Å². The molecule has 0 radical (unpaired) electrons. The smallest absolute Gasteiger partial charge is 1.00 e. The number of rotatable bonds is 3. The molecule has 0 spiro atoms. The predicted octanol–water partition coefficient (Wildman–Crippen LogP) is 5.91. The van der Waals surface area contributed by atoms with Crippen molar-refractivity contribution in [1.29, 1.82) is 0 Å². The van der Waals surface area contributed by atoms with Gasteiger partial charge in [0, 0.05) is 0 Å². The maximum Gasteiger partial charge on any atom is -1.00 e. The van der Waals surface area contributed by atoms with Crippen molar-refractivity contribution in [1.82, 2.24) is 0 Å². The molecule has 1 atom stereocenters. The molecule has 0 amide bonds. The van der Waals surface area contributed by atoms with Crippen LogP contribution in [0.4, 0.5) is 0 Å². The van der Waals surface area contributed by atoms with E-state index in [1.807, 2.05) is 0 Å². The third kappa shape index (κ3) is 6.17. The Morgan fingerprint density at radius 3 is 1.66 bits per heavy atom. The molecule has 1 unspecified atom stereocenters. The van der Waals surface area contributed by atoms with Crippen LogP contribution in [0.2, 0.25) is 0 Å². The van der Waals surface area contributed by atoms with E-state index in [1.165, 1.54) is 44.5 Å². The molecule has 0 nitrogen and oxygen atoms in total. The molecule has 3 heteroatoms. The zero-order valence-electron chi connectivity index (χ0n) is 29.9. The number of halogens is 2. The van der Waals surface area contributed by atoms with Gasteiger partial charge in [0.25, 0.3) is 0 Å². The van der Waals surface area contributed by atoms with E-state index in [0.29, 0.717) is 9.54 Å². The molecule has 0 heterocycles. The van der Waals surface area contributed by atoms with Crippen molar-refractivity contribution < 1.29 is 46.1 Å². The molecule has 0 bridgehead atoms. The standard InChI is InChI=1S/C27H29.C10H15.C7H6.2ClH.Zr/c1-16-7-9-26(3,4)24-12-18-11-19-13-25-21(17(2)8-10-27(25,5)6)15-23(19)22(18)14-20(16)24;1-8-5-6-9(7-8)10(2,3)4;1-7-5-3-2-4-6-7;;;/h7-8,11-15H,9-10H2,1-6H3;6-8H,1-4H3;1-6H;2*1H;/q;;;;;+2/p-2. The minimum atomic E-state index is -2.58. The van der Waals surface area contributed by atoms with Crippen LogP contribution >= 0.6 is 0 Å². The van der Waals surface area contributed by atoms with E-state index in [1.54, 1.807) is 25.5 Å². The van der Waals surface area contributed by atoms with Crippen molar-refractivity contribution in [3.8, 4) is 11.1 Å². The summed E-state index contributed by atoms with van der Waals surface area (Å²) in [7, 11) is 0. The summed E-state index contributed by atoms with van der Waals surface area (Å²) >= 11 is -2.58. The van der Waals surface area contributed by atoms with Crippen LogP contribution in [-0.4, -0.2) is 3.71 Å². The maximum atomic E-state index is 2.79. The molecule has 4 aliphatic rings. The van der Waals surface area contributed by atoms with Crippen LogP contribution in [0, 0.1) is 11.3 Å². The molecular weight excluding hydrogens is 691 g/mol. The Balaban J connectivity index is 0.00000217. The van der Waals surface area contributed by atoms with Gasteiger partial charge in [0.05, 0.1) is 0 Å². The average Bonchev–Trinajstić information content (AvgIpc) is 3.53. The maximum absolute atomic E-state index is 2.79. The second-order valence-electron chi connectivity index (χ2n) is 16.6. The zero-order valence-corrected chi connectivity index (χ0v) is 33.9. The van der Waals surface area contributed by atoms with Crippen LogP contribution in [0.1, 0.15) is 125 Å². The fourth-order valence-electron chi connectivity index (χ4n) is 8.29. The molecule has 4 aliphatic carbocycles. The molecule has 0 fully saturated rings. The molecule has 0 N–H and O–H groups in total. The van der Waals surface area contributed by atoms with Gasteiger partial charge in [-0.2, -0.15) is 0 Å². The molecule has 3 aromatic rings. The summed E-state index contributed by atoms with van der Waals surface area (Å²) in [6, 6.07) is 21.9. The van der Waals surface area contributed by atoms with E-state index in [9.17, 15) is 0 Å². The largest absolute Gasteiger partial charge is 1.00 e. The van der Waals surface area contributed by atoms with Crippen LogP contribution in [-0.2, 0) is 32.1 Å². The summed E-state index contributed by atoms with van der Waals surface area (Å²) in [5.74, 6) is 0.486. The molecule has 3 aromatic carbocycles. The van der Waals surface area contributed by atoms with Crippen molar-refractivity contribution in [2.45, 2.75) is 96.5 Å². The normalized spacial score (nSPS) is 20.3. The molecule has 47 heavy (non-hydrogen) atoms. The molecule has 244 valence electrons. The molecular formula is C44H50Cl2Zr. The minimum absolute atomic E-state index is 0. The fraction of sp³-hybridized carbons (Fsp3) is 0.386. The first-order valence-corrected chi connectivity index (χ1v) is 21.1. The van der Waals surface area contributed by atoms with E-state index in [4.69, 9.17) is 0 Å². The number of hydrogen-bond donors (Lipinski definition) is 0. The van der Waals surface area contributed by atoms with E-state index in [2.05, 4.69) is 152 Å². The fourth-order valence-corrected chi connectivity index (χ4v) is 16.4. The molecule has 0 saturated carbocycles. The summed E-state index contributed by atoms with van der Waals surface area (Å²) in [6.07, 6.45) is 12.4. The van der Waals surface area contributed by atoms with Crippen LogP contribution in [0.3, 0.4) is 0 Å². The molecule has 7 rings (SSSR count). The SMILES string of the molecule is CC1=CCC(C)(C)c2cc3c(cc21)-c1cc2c(cc1[CH]3/[Zr+2](=[CH]/c1ccccc1)[C]1=CC(C(C)(C)C)=CC1C)C(C)(C)CC=C2C.[Cl-].[Cl-]. The van der Waals surface area contributed by atoms with E-state index in [0.717, 1.165) is 12.8 Å². The Morgan fingerprint density at radius 1 is 0.723 bits per heavy atom. The number of fused-ring (bicyclic) bond motifs is 5. The molecule has 0 saturated heterocycles. The van der Waals surface area contributed by atoms with Gasteiger partial charge in [0.15, 0.2) is 0 Å². The van der Waals surface area contributed by atoms with Crippen molar-refractivity contribution in [2.24, 2.45) is 11.3 Å². The zero-order chi connectivity index (χ0) is 32.1. The van der Waals surface area contributed by atoms with Gasteiger partial charge in [-0.1, -0.05) is 0 Å². The second-order valence-corrected chi connectivity index (χ2v) is 22.4. The van der Waals surface area contributed by atoms with E-state index >= 15 is 0 Å². The van der Waals surface area contributed by atoms with Gasteiger partial charge in [-0.3, -0.25) is 0 Å². The summed E-state index contributed by atoms with van der Waals surface area (Å²) in [6.45, 7) is 24.0. The Bertz CT molecular complexity index is 1820. The Labute approximate surface area is 304 Å². The molecule has 0 aliphatic heterocycles. The van der Waals surface area contributed by atoms with E-state index in [-0.39, 0.29) is 41.1 Å². The second kappa shape index (κ2) is 12.7. The predicted molar refractivity (Wildman–Crippen MR) is 193 cm³/mol. The summed E-state index contributed by atoms with van der Waals surface area (Å²) in [4.78, 5) is 0. The Hall–Kier alpha value is -2.05. The van der Waals surface area contributed by atoms with Gasteiger partial charge in [0.1, 0.15) is 0 Å². The van der Waals surface area contributed by atoms with Crippen molar-refractivity contribution in [3.05, 3.63) is 127 Å². The topological polar surface area (TPSA) is 0 Å². The van der Waals surface area contributed by atoms with Crippen molar-refractivity contribution >= 4 is 14.9 Å². The first-order valence-electron chi connectivity index (χ1n) is 17.1. The Kier molecular flexibility index (Phi) is 9.78. The van der Waals surface area contributed by atoms with E-state index < -0.39 is 21.3 Å². The summed E-state index contributed by atoms with van der Waals surface area (Å²) in [5, 5.41) is 0. The Morgan fingerprint density at radius 2 is 1.21 bits per heavy atom. The first kappa shape index (κ1) is 36.2. The average molecular weight is 741 g/mol.